The van der Waals surface area contributed by atoms with Gasteiger partial charge in [0, 0.05) is 40.9 Å². The number of hydrogen-bond acceptors (Lipinski definition) is 9. The van der Waals surface area contributed by atoms with Crippen molar-refractivity contribution >= 4 is 23.8 Å². The van der Waals surface area contributed by atoms with Crippen LogP contribution < -0.4 is 15.2 Å². The molecule has 5 aliphatic heterocycles. The third kappa shape index (κ3) is 4.00. The van der Waals surface area contributed by atoms with Crippen molar-refractivity contribution in [1.82, 2.24) is 9.58 Å². The quantitative estimate of drug-likeness (QED) is 0.307. The third-order valence-corrected chi connectivity index (χ3v) is 10.9. The standard InChI is InChI=1S/C32H30FN3O7S/c1-40-31(39)42-17-41-28-23(37)10-13-35-27(28)30(38)34-14-12-32-11-9-19(43-32)15-21(32)29(34)36(35)26-20-6-2-3-8-24(20)44-16-18-5-4-7-22(33)25(18)26/h2-8,10,13,19,21,26,29H,9,11-12,14-17H2,1H3/t19-,21+,26+,29+,32-/m0/s1. The zero-order chi connectivity index (χ0) is 30.2. The molecule has 0 N–H and O–H groups in total. The van der Waals surface area contributed by atoms with Gasteiger partial charge >= 0.3 is 6.16 Å². The van der Waals surface area contributed by atoms with E-state index in [4.69, 9.17) is 14.2 Å². The van der Waals surface area contributed by atoms with Crippen LogP contribution in [-0.4, -0.2) is 60.0 Å². The van der Waals surface area contributed by atoms with E-state index in [1.165, 1.54) is 12.1 Å². The van der Waals surface area contributed by atoms with E-state index in [1.807, 2.05) is 30.3 Å². The molecule has 6 heterocycles. The molecule has 0 unspecified atom stereocenters. The summed E-state index contributed by atoms with van der Waals surface area (Å²) in [5.74, 6) is -0.416. The molecule has 5 atom stereocenters. The van der Waals surface area contributed by atoms with Crippen molar-refractivity contribution in [3.05, 3.63) is 93.2 Å². The van der Waals surface area contributed by atoms with Crippen molar-refractivity contribution in [2.75, 3.05) is 25.5 Å². The van der Waals surface area contributed by atoms with E-state index in [1.54, 1.807) is 33.6 Å². The van der Waals surface area contributed by atoms with Crippen LogP contribution in [0.15, 0.2) is 64.4 Å². The molecule has 2 bridgehead atoms. The Hall–Kier alpha value is -4.03. The van der Waals surface area contributed by atoms with Gasteiger partial charge < -0.3 is 23.8 Å². The molecule has 5 aliphatic rings. The van der Waals surface area contributed by atoms with Crippen LogP contribution in [0.4, 0.5) is 9.18 Å². The highest BCUT2D eigenvalue weighted by Gasteiger charge is 2.63. The molecule has 44 heavy (non-hydrogen) atoms. The van der Waals surface area contributed by atoms with Crippen LogP contribution in [0.25, 0.3) is 0 Å². The third-order valence-electron chi connectivity index (χ3n) is 9.78. The van der Waals surface area contributed by atoms with Gasteiger partial charge in [0.05, 0.1) is 18.8 Å². The summed E-state index contributed by atoms with van der Waals surface area (Å²) in [6.45, 7) is -0.227. The van der Waals surface area contributed by atoms with Gasteiger partial charge in [0.15, 0.2) is 5.69 Å². The fourth-order valence-electron chi connectivity index (χ4n) is 7.97. The minimum absolute atomic E-state index is 0.00508. The lowest BCUT2D eigenvalue weighted by Crippen LogP contribution is -2.70. The van der Waals surface area contributed by atoms with Gasteiger partial charge in [0.2, 0.25) is 18.0 Å². The average Bonchev–Trinajstić information content (AvgIpc) is 3.56. The first-order valence-electron chi connectivity index (χ1n) is 14.8. The molecule has 1 amide bonds. The topological polar surface area (TPSA) is 99.5 Å². The van der Waals surface area contributed by atoms with Crippen LogP contribution in [-0.2, 0) is 20.0 Å². The maximum absolute atomic E-state index is 16.2. The highest BCUT2D eigenvalue weighted by Crippen LogP contribution is 2.57. The second-order valence-corrected chi connectivity index (χ2v) is 12.8. The van der Waals surface area contributed by atoms with Crippen molar-refractivity contribution < 1.29 is 32.9 Å². The largest absolute Gasteiger partial charge is 0.510 e. The van der Waals surface area contributed by atoms with Crippen LogP contribution in [0.1, 0.15) is 58.9 Å². The number of hydrogen-bond donors (Lipinski definition) is 0. The Morgan fingerprint density at radius 3 is 2.84 bits per heavy atom. The van der Waals surface area contributed by atoms with Crippen LogP contribution >= 0.6 is 11.8 Å². The zero-order valence-corrected chi connectivity index (χ0v) is 24.8. The van der Waals surface area contributed by atoms with E-state index in [2.05, 4.69) is 9.75 Å². The minimum Gasteiger partial charge on any atom is -0.451 e. The number of piperidine rings is 1. The number of carbonyl (C=O) groups excluding carboxylic acids is 2. The lowest BCUT2D eigenvalue weighted by Gasteiger charge is -2.57. The number of fused-ring (bicyclic) bond motifs is 6. The molecule has 0 saturated carbocycles. The minimum atomic E-state index is -0.986. The Kier molecular flexibility index (Phi) is 6.42. The smallest absolute Gasteiger partial charge is 0.451 e. The molecule has 3 aromatic rings. The summed E-state index contributed by atoms with van der Waals surface area (Å²) in [5, 5.41) is 2.06. The lowest BCUT2D eigenvalue weighted by atomic mass is 9.71. The number of methoxy groups -OCH3 is 1. The molecule has 3 saturated heterocycles. The first kappa shape index (κ1) is 27.5. The number of halogens is 1. The highest BCUT2D eigenvalue weighted by molar-refractivity contribution is 7.98. The predicted octanol–water partition coefficient (Wildman–Crippen LogP) is 4.56. The molecular formula is C32H30FN3O7S. The molecule has 1 aromatic heterocycles. The summed E-state index contributed by atoms with van der Waals surface area (Å²) < 4.78 is 39.5. The maximum Gasteiger partial charge on any atom is 0.510 e. The van der Waals surface area contributed by atoms with Gasteiger partial charge in [-0.05, 0) is 48.9 Å². The van der Waals surface area contributed by atoms with Gasteiger partial charge in [0.25, 0.3) is 5.91 Å². The van der Waals surface area contributed by atoms with Crippen LogP contribution in [0.3, 0.4) is 0 Å². The molecule has 0 aliphatic carbocycles. The van der Waals surface area contributed by atoms with Crippen molar-refractivity contribution in [3.63, 3.8) is 0 Å². The number of ether oxygens (including phenoxy) is 4. The number of thioether (sulfide) groups is 1. The number of benzene rings is 2. The maximum atomic E-state index is 16.2. The van der Waals surface area contributed by atoms with Gasteiger partial charge in [-0.3, -0.25) is 19.3 Å². The Morgan fingerprint density at radius 1 is 1.14 bits per heavy atom. The Morgan fingerprint density at radius 2 is 2.00 bits per heavy atom. The van der Waals surface area contributed by atoms with E-state index in [0.29, 0.717) is 24.3 Å². The summed E-state index contributed by atoms with van der Waals surface area (Å²) in [6, 6.07) is 13.8. The van der Waals surface area contributed by atoms with E-state index in [9.17, 15) is 14.4 Å². The van der Waals surface area contributed by atoms with Crippen LogP contribution in [0.2, 0.25) is 0 Å². The first-order chi connectivity index (χ1) is 21.4. The number of rotatable bonds is 4. The van der Waals surface area contributed by atoms with Gasteiger partial charge in [-0.15, -0.1) is 11.8 Å². The van der Waals surface area contributed by atoms with E-state index in [0.717, 1.165) is 42.4 Å². The summed E-state index contributed by atoms with van der Waals surface area (Å²) >= 11 is 1.65. The Balaban J connectivity index is 1.37. The molecular weight excluding hydrogens is 589 g/mol. The van der Waals surface area contributed by atoms with Gasteiger partial charge in [0.1, 0.15) is 18.0 Å². The molecule has 3 fully saturated rings. The predicted molar refractivity (Wildman–Crippen MR) is 157 cm³/mol. The summed E-state index contributed by atoms with van der Waals surface area (Å²) in [5.41, 5.74) is 1.38. The number of carbonyl (C=O) groups is 2. The fourth-order valence-corrected chi connectivity index (χ4v) is 9.06. The van der Waals surface area contributed by atoms with Gasteiger partial charge in [-0.25, -0.2) is 9.18 Å². The van der Waals surface area contributed by atoms with E-state index < -0.39 is 30.6 Å². The highest BCUT2D eigenvalue weighted by atomic mass is 32.2. The molecule has 0 radical (unpaired) electrons. The number of aromatic nitrogens is 1. The molecule has 10 nitrogen and oxygen atoms in total. The van der Waals surface area contributed by atoms with E-state index >= 15 is 4.39 Å². The molecule has 228 valence electrons. The van der Waals surface area contributed by atoms with Gasteiger partial charge in [-0.2, -0.15) is 0 Å². The molecule has 1 spiro atoms. The first-order valence-corrected chi connectivity index (χ1v) is 15.7. The normalized spacial score (nSPS) is 27.8. The summed E-state index contributed by atoms with van der Waals surface area (Å²) in [6.07, 6.45) is 3.56. The van der Waals surface area contributed by atoms with E-state index in [-0.39, 0.29) is 40.8 Å². The molecule has 2 aromatic carbocycles. The van der Waals surface area contributed by atoms with Crippen LogP contribution in [0.5, 0.6) is 5.75 Å². The number of pyridine rings is 1. The summed E-state index contributed by atoms with van der Waals surface area (Å²) in [4.78, 5) is 42.1. The Labute approximate surface area is 256 Å². The number of nitrogens with zero attached hydrogens (tertiary/aromatic N) is 3. The monoisotopic (exact) mass is 619 g/mol. The Bertz CT molecular complexity index is 1750. The lowest BCUT2D eigenvalue weighted by molar-refractivity contribution is -0.0758. The van der Waals surface area contributed by atoms with Crippen LogP contribution in [0, 0.1) is 11.7 Å². The van der Waals surface area contributed by atoms with Gasteiger partial charge in [-0.1, -0.05) is 30.3 Å². The average molecular weight is 620 g/mol. The second kappa shape index (κ2) is 10.3. The zero-order valence-electron chi connectivity index (χ0n) is 23.9. The second-order valence-electron chi connectivity index (χ2n) is 11.8. The summed E-state index contributed by atoms with van der Waals surface area (Å²) in [7, 11) is 1.16. The molecule has 12 heteroatoms. The molecule has 8 rings (SSSR count). The van der Waals surface area contributed by atoms with Crippen molar-refractivity contribution in [1.29, 1.82) is 0 Å². The van der Waals surface area contributed by atoms with Crippen molar-refractivity contribution in [3.8, 4) is 5.75 Å². The SMILES string of the molecule is COC(=O)OCOc1c2n(ccc1=O)N([C@@H]1c3ccccc3SCc3cccc(F)c31)[C@@H]1[C@H]3C[C@@H]4CC[C@@]3(CCN1C2=O)O4. The fraction of sp³-hybridized carbons (Fsp3) is 0.406. The van der Waals surface area contributed by atoms with Crippen molar-refractivity contribution in [2.45, 2.75) is 60.2 Å². The number of amides is 1. The van der Waals surface area contributed by atoms with Crippen molar-refractivity contribution in [2.24, 2.45) is 5.92 Å².